The van der Waals surface area contributed by atoms with Crippen molar-refractivity contribution < 1.29 is 23.5 Å². The molecule has 0 saturated heterocycles. The lowest BCUT2D eigenvalue weighted by Crippen LogP contribution is -2.30. The molecule has 0 aromatic heterocycles. The van der Waals surface area contributed by atoms with Crippen molar-refractivity contribution in [2.24, 2.45) is 4.99 Å². The number of rotatable bonds is 7. The molecule has 0 bridgehead atoms. The Morgan fingerprint density at radius 1 is 1.03 bits per heavy atom. The molecule has 0 radical (unpaired) electrons. The number of halogens is 1. The van der Waals surface area contributed by atoms with Crippen molar-refractivity contribution in [3.8, 4) is 11.5 Å². The Bertz CT molecular complexity index is 1270. The first-order valence-corrected chi connectivity index (χ1v) is 11.3. The van der Waals surface area contributed by atoms with Gasteiger partial charge in [0.15, 0.2) is 11.0 Å². The molecule has 4 rings (SSSR count). The third-order valence-corrected chi connectivity index (χ3v) is 6.00. The molecular weight excluding hydrogens is 455 g/mol. The Morgan fingerprint density at radius 2 is 1.76 bits per heavy atom. The van der Waals surface area contributed by atoms with E-state index in [0.29, 0.717) is 27.9 Å². The van der Waals surface area contributed by atoms with E-state index in [0.717, 1.165) is 17.3 Å². The molecule has 1 heterocycles. The molecule has 0 spiro atoms. The highest BCUT2D eigenvalue weighted by molar-refractivity contribution is 8.14. The minimum atomic E-state index is -0.414. The van der Waals surface area contributed by atoms with Crippen LogP contribution in [0, 0.1) is 5.82 Å². The van der Waals surface area contributed by atoms with Gasteiger partial charge in [-0.3, -0.25) is 14.5 Å². The molecule has 34 heavy (non-hydrogen) atoms. The molecule has 0 aliphatic carbocycles. The van der Waals surface area contributed by atoms with Gasteiger partial charge in [0.1, 0.15) is 23.0 Å². The van der Waals surface area contributed by atoms with Gasteiger partial charge in [0.05, 0.1) is 31.2 Å². The van der Waals surface area contributed by atoms with Crippen molar-refractivity contribution in [1.29, 1.82) is 0 Å². The van der Waals surface area contributed by atoms with E-state index in [1.54, 1.807) is 24.3 Å². The van der Waals surface area contributed by atoms with Gasteiger partial charge in [0.25, 0.3) is 5.91 Å². The van der Waals surface area contributed by atoms with E-state index in [1.807, 2.05) is 30.3 Å². The highest BCUT2D eigenvalue weighted by Gasteiger charge is 2.32. The zero-order chi connectivity index (χ0) is 24.1. The third-order valence-electron chi connectivity index (χ3n) is 5.06. The molecule has 0 unspecified atom stereocenters. The van der Waals surface area contributed by atoms with Crippen LogP contribution in [0.2, 0.25) is 0 Å². The van der Waals surface area contributed by atoms with Gasteiger partial charge in [0, 0.05) is 6.07 Å². The molecule has 1 aliphatic rings. The smallest absolute Gasteiger partial charge is 0.283 e. The number of amides is 1. The number of carbonyl (C=O) groups is 2. The second-order valence-electron chi connectivity index (χ2n) is 7.23. The van der Waals surface area contributed by atoms with Gasteiger partial charge in [0.2, 0.25) is 0 Å². The highest BCUT2D eigenvalue weighted by atomic mass is 32.2. The summed E-state index contributed by atoms with van der Waals surface area (Å²) in [4.78, 5) is 32.1. The number of anilines is 1. The summed E-state index contributed by atoms with van der Waals surface area (Å²) in [5.74, 6) is 0.0277. The van der Waals surface area contributed by atoms with Crippen LogP contribution in [-0.2, 0) is 4.79 Å². The Balaban J connectivity index is 1.62. The summed E-state index contributed by atoms with van der Waals surface area (Å²) >= 11 is 1.13. The number of ether oxygens (including phenoxy) is 2. The summed E-state index contributed by atoms with van der Waals surface area (Å²) < 4.78 is 24.0. The molecule has 6 nitrogen and oxygen atoms in total. The highest BCUT2D eigenvalue weighted by Crippen LogP contribution is 2.31. The van der Waals surface area contributed by atoms with E-state index in [-0.39, 0.29) is 23.1 Å². The molecule has 0 saturated carbocycles. The topological polar surface area (TPSA) is 68.2 Å². The maximum atomic E-state index is 13.5. The molecule has 8 heteroatoms. The van der Waals surface area contributed by atoms with E-state index < -0.39 is 5.82 Å². The molecule has 0 N–H and O–H groups in total. The second-order valence-corrected chi connectivity index (χ2v) is 8.17. The number of carbonyl (C=O) groups excluding carboxylic acids is 2. The lowest BCUT2D eigenvalue weighted by molar-refractivity contribution is -0.113. The Kier molecular flexibility index (Phi) is 7.08. The van der Waals surface area contributed by atoms with Crippen molar-refractivity contribution >= 4 is 40.4 Å². The van der Waals surface area contributed by atoms with Crippen molar-refractivity contribution in [2.45, 2.75) is 0 Å². The number of aliphatic imine (C=N–C) groups is 1. The number of thioether (sulfide) groups is 1. The lowest BCUT2D eigenvalue weighted by atomic mass is 10.1. The zero-order valence-electron chi connectivity index (χ0n) is 18.5. The molecule has 3 aromatic carbocycles. The summed E-state index contributed by atoms with van der Waals surface area (Å²) in [5.41, 5.74) is 1.91. The molecule has 0 atom stereocenters. The van der Waals surface area contributed by atoms with Crippen molar-refractivity contribution in [1.82, 2.24) is 0 Å². The minimum Gasteiger partial charge on any atom is -0.497 e. The predicted octanol–water partition coefficient (Wildman–Crippen LogP) is 5.20. The lowest BCUT2D eigenvalue weighted by Gasteiger charge is -2.17. The van der Waals surface area contributed by atoms with Crippen molar-refractivity contribution in [3.63, 3.8) is 0 Å². The van der Waals surface area contributed by atoms with E-state index in [4.69, 9.17) is 9.47 Å². The molecule has 172 valence electrons. The maximum absolute atomic E-state index is 13.5. The van der Waals surface area contributed by atoms with E-state index >= 15 is 0 Å². The number of hydrogen-bond donors (Lipinski definition) is 0. The van der Waals surface area contributed by atoms with Crippen molar-refractivity contribution in [2.75, 3.05) is 24.9 Å². The number of benzene rings is 3. The fraction of sp³-hybridized carbons (Fsp3) is 0.115. The van der Waals surface area contributed by atoms with Crippen molar-refractivity contribution in [3.05, 3.63) is 95.4 Å². The SMILES string of the molecule is COc1ccc(C(=O)CSC2=N/C(=C\c3ccccc3)C(=O)N2c2ccc(F)cc2)c(OC)c1. The van der Waals surface area contributed by atoms with Gasteiger partial charge >= 0.3 is 0 Å². The zero-order valence-corrected chi connectivity index (χ0v) is 19.3. The predicted molar refractivity (Wildman–Crippen MR) is 132 cm³/mol. The summed E-state index contributed by atoms with van der Waals surface area (Å²) in [6.07, 6.45) is 1.68. The molecular formula is C26H21FN2O4S. The monoisotopic (exact) mass is 476 g/mol. The van der Waals surface area contributed by atoms with Crippen LogP contribution in [0.5, 0.6) is 11.5 Å². The van der Waals surface area contributed by atoms with Crippen LogP contribution < -0.4 is 14.4 Å². The van der Waals surface area contributed by atoms with Gasteiger partial charge in [-0.2, -0.15) is 0 Å². The summed E-state index contributed by atoms with van der Waals surface area (Å²) in [6, 6.07) is 19.9. The quantitative estimate of drug-likeness (QED) is 0.346. The number of methoxy groups -OCH3 is 2. The number of hydrogen-bond acceptors (Lipinski definition) is 6. The van der Waals surface area contributed by atoms with Crippen LogP contribution in [0.25, 0.3) is 6.08 Å². The van der Waals surface area contributed by atoms with Crippen LogP contribution in [0.1, 0.15) is 15.9 Å². The Labute approximate surface area is 200 Å². The molecule has 1 amide bonds. The minimum absolute atomic E-state index is 0.0190. The molecule has 0 fully saturated rings. The van der Waals surface area contributed by atoms with Gasteiger partial charge in [-0.15, -0.1) is 0 Å². The first kappa shape index (κ1) is 23.3. The van der Waals surface area contributed by atoms with E-state index in [9.17, 15) is 14.0 Å². The number of amidine groups is 1. The van der Waals surface area contributed by atoms with Gasteiger partial charge in [-0.05, 0) is 48.0 Å². The maximum Gasteiger partial charge on any atom is 0.283 e. The first-order chi connectivity index (χ1) is 16.5. The fourth-order valence-corrected chi connectivity index (χ4v) is 4.25. The summed E-state index contributed by atoms with van der Waals surface area (Å²) in [5, 5.41) is 0.333. The third kappa shape index (κ3) is 5.02. The number of nitrogens with zero attached hydrogens (tertiary/aromatic N) is 2. The standard InChI is InChI=1S/C26H21FN2O4S/c1-32-20-12-13-21(24(15-20)33-2)23(30)16-34-26-28-22(14-17-6-4-3-5-7-17)25(31)29(26)19-10-8-18(27)9-11-19/h3-15H,16H2,1-2H3/b22-14-. The molecule has 1 aliphatic heterocycles. The summed E-state index contributed by atoms with van der Waals surface area (Å²) in [6.45, 7) is 0. The largest absolute Gasteiger partial charge is 0.497 e. The Morgan fingerprint density at radius 3 is 2.44 bits per heavy atom. The first-order valence-electron chi connectivity index (χ1n) is 10.3. The van der Waals surface area contributed by atoms with E-state index in [2.05, 4.69) is 4.99 Å². The van der Waals surface area contributed by atoms with Gasteiger partial charge < -0.3 is 9.47 Å². The number of ketones is 1. The van der Waals surface area contributed by atoms with E-state index in [1.165, 1.54) is 43.4 Å². The second kappa shape index (κ2) is 10.4. The Hall–Kier alpha value is -3.91. The van der Waals surface area contributed by atoms with Crippen LogP contribution in [-0.4, -0.2) is 36.8 Å². The van der Waals surface area contributed by atoms with Crippen LogP contribution in [0.4, 0.5) is 10.1 Å². The van der Waals surface area contributed by atoms with Crippen LogP contribution in [0.15, 0.2) is 83.5 Å². The van der Waals surface area contributed by atoms with Gasteiger partial charge in [-0.1, -0.05) is 42.1 Å². The van der Waals surface area contributed by atoms with Crippen LogP contribution in [0.3, 0.4) is 0 Å². The normalized spacial score (nSPS) is 14.3. The number of Topliss-reactive ketones (excluding diaryl/α,β-unsaturated/α-hetero) is 1. The average molecular weight is 477 g/mol. The fourth-order valence-electron chi connectivity index (χ4n) is 3.35. The van der Waals surface area contributed by atoms with Crippen LogP contribution >= 0.6 is 11.8 Å². The summed E-state index contributed by atoms with van der Waals surface area (Å²) in [7, 11) is 3.02. The molecule has 3 aromatic rings. The van der Waals surface area contributed by atoms with Gasteiger partial charge in [-0.25, -0.2) is 9.38 Å². The average Bonchev–Trinajstić information content (AvgIpc) is 3.17.